The number of nitrogens with one attached hydrogen (secondary N) is 1. The van der Waals surface area contributed by atoms with Crippen molar-refractivity contribution in [2.24, 2.45) is 0 Å². The highest BCUT2D eigenvalue weighted by Crippen LogP contribution is 2.28. The number of aromatic nitrogens is 4. The van der Waals surface area contributed by atoms with Crippen molar-refractivity contribution >= 4 is 5.95 Å². The topological polar surface area (TPSA) is 58.9 Å². The van der Waals surface area contributed by atoms with Crippen LogP contribution < -0.4 is 5.32 Å². The molecule has 2 aliphatic rings. The first-order valence-corrected chi connectivity index (χ1v) is 8.15. The van der Waals surface area contributed by atoms with Gasteiger partial charge < -0.3 is 10.2 Å². The van der Waals surface area contributed by atoms with Crippen molar-refractivity contribution in [3.63, 3.8) is 0 Å². The normalized spacial score (nSPS) is 25.1. The molecule has 116 valence electrons. The van der Waals surface area contributed by atoms with Gasteiger partial charge in [-0.2, -0.15) is 4.68 Å². The number of rotatable bonds is 3. The lowest BCUT2D eigenvalue weighted by atomic mass is 9.98. The maximum atomic E-state index is 4.17. The Morgan fingerprint density at radius 2 is 2.00 bits per heavy atom. The molecule has 1 aromatic carbocycles. The van der Waals surface area contributed by atoms with Crippen molar-refractivity contribution in [3.05, 3.63) is 29.8 Å². The first-order chi connectivity index (χ1) is 10.8. The van der Waals surface area contributed by atoms with Gasteiger partial charge in [-0.25, -0.2) is 0 Å². The monoisotopic (exact) mass is 298 g/mol. The zero-order chi connectivity index (χ0) is 14.9. The predicted octanol–water partition coefficient (Wildman–Crippen LogP) is 2.01. The highest BCUT2D eigenvalue weighted by molar-refractivity contribution is 5.40. The van der Waals surface area contributed by atoms with Gasteiger partial charge in [0.2, 0.25) is 5.95 Å². The predicted molar refractivity (Wildman–Crippen MR) is 85.1 cm³/mol. The Morgan fingerprint density at radius 1 is 1.14 bits per heavy atom. The van der Waals surface area contributed by atoms with Crippen molar-refractivity contribution in [2.45, 2.75) is 44.7 Å². The van der Waals surface area contributed by atoms with Crippen LogP contribution in [-0.2, 0) is 0 Å². The van der Waals surface area contributed by atoms with Crippen molar-refractivity contribution in [2.75, 3.05) is 18.4 Å². The third-order valence-corrected chi connectivity index (χ3v) is 4.90. The molecule has 1 N–H and O–H groups in total. The maximum absolute atomic E-state index is 4.17. The number of aryl methyl sites for hydroxylation is 1. The van der Waals surface area contributed by atoms with E-state index in [9.17, 15) is 0 Å². The zero-order valence-corrected chi connectivity index (χ0v) is 12.9. The van der Waals surface area contributed by atoms with E-state index in [4.69, 9.17) is 0 Å². The first-order valence-electron chi connectivity index (χ1n) is 8.15. The highest BCUT2D eigenvalue weighted by Gasteiger charge is 2.32. The fraction of sp³-hybridized carbons (Fsp3) is 0.562. The Morgan fingerprint density at radius 3 is 2.86 bits per heavy atom. The first kappa shape index (κ1) is 13.7. The van der Waals surface area contributed by atoms with Crippen LogP contribution in [0.25, 0.3) is 5.69 Å². The molecule has 4 rings (SSSR count). The average Bonchev–Trinajstić information content (AvgIpc) is 3.17. The molecule has 2 saturated heterocycles. The zero-order valence-electron chi connectivity index (χ0n) is 12.9. The number of benzene rings is 1. The van der Waals surface area contributed by atoms with Crippen LogP contribution in [0.2, 0.25) is 0 Å². The van der Waals surface area contributed by atoms with Gasteiger partial charge in [-0.1, -0.05) is 22.8 Å². The van der Waals surface area contributed by atoms with Gasteiger partial charge in [0, 0.05) is 18.6 Å². The van der Waals surface area contributed by atoms with Crippen LogP contribution in [0.15, 0.2) is 24.3 Å². The Bertz CT molecular complexity index is 634. The molecule has 3 heterocycles. The molecule has 0 aliphatic carbocycles. The number of nitrogens with zero attached hydrogens (tertiary/aromatic N) is 5. The molecule has 6 nitrogen and oxygen atoms in total. The van der Waals surface area contributed by atoms with Gasteiger partial charge in [-0.15, -0.1) is 0 Å². The highest BCUT2D eigenvalue weighted by atomic mass is 15.6. The van der Waals surface area contributed by atoms with Crippen molar-refractivity contribution in [1.29, 1.82) is 0 Å². The third-order valence-electron chi connectivity index (χ3n) is 4.90. The van der Waals surface area contributed by atoms with E-state index in [-0.39, 0.29) is 0 Å². The fourth-order valence-electron chi connectivity index (χ4n) is 3.68. The number of tetrazole rings is 1. The van der Waals surface area contributed by atoms with E-state index < -0.39 is 0 Å². The van der Waals surface area contributed by atoms with Crippen LogP contribution in [0.1, 0.15) is 31.2 Å². The summed E-state index contributed by atoms with van der Waals surface area (Å²) in [4.78, 5) is 2.63. The summed E-state index contributed by atoms with van der Waals surface area (Å²) in [6.45, 7) is 4.55. The number of fused-ring (bicyclic) bond motifs is 1. The molecular weight excluding hydrogens is 276 g/mol. The van der Waals surface area contributed by atoms with E-state index in [0.717, 1.165) is 24.1 Å². The number of hydrogen-bond acceptors (Lipinski definition) is 5. The molecule has 0 unspecified atom stereocenters. The second-order valence-electron chi connectivity index (χ2n) is 6.45. The average molecular weight is 298 g/mol. The summed E-state index contributed by atoms with van der Waals surface area (Å²) >= 11 is 0. The molecule has 0 saturated carbocycles. The van der Waals surface area contributed by atoms with Gasteiger partial charge in [0.25, 0.3) is 0 Å². The molecule has 0 spiro atoms. The molecule has 2 fully saturated rings. The molecule has 2 aromatic rings. The minimum absolute atomic E-state index is 0.467. The SMILES string of the molecule is Cc1ccc(-n2nnnc2N[C@H]2CCN3CCC[C@@H]3C2)cc1. The minimum atomic E-state index is 0.467. The van der Waals surface area contributed by atoms with E-state index >= 15 is 0 Å². The second kappa shape index (κ2) is 5.68. The number of hydrogen-bond donors (Lipinski definition) is 1. The Labute approximate surface area is 130 Å². The van der Waals surface area contributed by atoms with Crippen LogP contribution in [0.4, 0.5) is 5.95 Å². The van der Waals surface area contributed by atoms with E-state index in [1.165, 1.54) is 37.9 Å². The summed E-state index contributed by atoms with van der Waals surface area (Å²) in [5.74, 6) is 0.750. The summed E-state index contributed by atoms with van der Waals surface area (Å²) in [6.07, 6.45) is 5.04. The summed E-state index contributed by atoms with van der Waals surface area (Å²) in [5.41, 5.74) is 2.23. The lowest BCUT2D eigenvalue weighted by molar-refractivity contribution is 0.187. The molecular formula is C16H22N6. The smallest absolute Gasteiger partial charge is 0.247 e. The summed E-state index contributed by atoms with van der Waals surface area (Å²) in [6, 6.07) is 9.48. The molecule has 0 amide bonds. The molecule has 2 atom stereocenters. The molecule has 2 aliphatic heterocycles. The quantitative estimate of drug-likeness (QED) is 0.939. The van der Waals surface area contributed by atoms with Crippen LogP contribution in [0, 0.1) is 6.92 Å². The summed E-state index contributed by atoms with van der Waals surface area (Å²) in [7, 11) is 0. The van der Waals surface area contributed by atoms with Crippen LogP contribution in [0.5, 0.6) is 0 Å². The third kappa shape index (κ3) is 2.59. The molecule has 6 heteroatoms. The summed E-state index contributed by atoms with van der Waals surface area (Å²) < 4.78 is 1.79. The van der Waals surface area contributed by atoms with Crippen LogP contribution in [0.3, 0.4) is 0 Å². The second-order valence-corrected chi connectivity index (χ2v) is 6.45. The van der Waals surface area contributed by atoms with Gasteiger partial charge in [-0.3, -0.25) is 0 Å². The lowest BCUT2D eigenvalue weighted by Gasteiger charge is -2.35. The fourth-order valence-corrected chi connectivity index (χ4v) is 3.68. The van der Waals surface area contributed by atoms with E-state index in [1.807, 2.05) is 0 Å². The number of piperidine rings is 1. The molecule has 0 bridgehead atoms. The van der Waals surface area contributed by atoms with Gasteiger partial charge in [0.15, 0.2) is 0 Å². The van der Waals surface area contributed by atoms with E-state index in [0.29, 0.717) is 6.04 Å². The molecule has 22 heavy (non-hydrogen) atoms. The largest absolute Gasteiger partial charge is 0.350 e. The van der Waals surface area contributed by atoms with Crippen LogP contribution >= 0.6 is 0 Å². The van der Waals surface area contributed by atoms with Crippen molar-refractivity contribution < 1.29 is 0 Å². The standard InChI is InChI=1S/C16H22N6/c1-12-4-6-14(7-5-12)22-16(18-19-20-22)17-13-8-10-21-9-2-3-15(21)11-13/h4-7,13,15H,2-3,8-11H2,1H3,(H,17,18,20)/t13-,15+/m0/s1. The van der Waals surface area contributed by atoms with Gasteiger partial charge in [0.05, 0.1) is 5.69 Å². The van der Waals surface area contributed by atoms with Crippen molar-refractivity contribution in [3.8, 4) is 5.69 Å². The van der Waals surface area contributed by atoms with Gasteiger partial charge >= 0.3 is 0 Å². The molecule has 0 radical (unpaired) electrons. The lowest BCUT2D eigenvalue weighted by Crippen LogP contribution is -2.43. The number of anilines is 1. The minimum Gasteiger partial charge on any atom is -0.350 e. The van der Waals surface area contributed by atoms with Crippen molar-refractivity contribution in [1.82, 2.24) is 25.1 Å². The Kier molecular flexibility index (Phi) is 3.54. The van der Waals surface area contributed by atoms with Crippen LogP contribution in [-0.4, -0.2) is 50.3 Å². The maximum Gasteiger partial charge on any atom is 0.247 e. The Hall–Kier alpha value is -1.95. The molecule has 1 aromatic heterocycles. The van der Waals surface area contributed by atoms with Gasteiger partial charge in [-0.05, 0) is 61.7 Å². The van der Waals surface area contributed by atoms with E-state index in [1.54, 1.807) is 4.68 Å². The van der Waals surface area contributed by atoms with E-state index in [2.05, 4.69) is 56.9 Å². The van der Waals surface area contributed by atoms with Gasteiger partial charge in [0.1, 0.15) is 0 Å². The summed E-state index contributed by atoms with van der Waals surface area (Å²) in [5, 5.41) is 15.7. The Balaban J connectivity index is 1.49.